The summed E-state index contributed by atoms with van der Waals surface area (Å²) in [5, 5.41) is 10.6. The number of aryl methyl sites for hydroxylation is 2. The minimum Gasteiger partial charge on any atom is -0.382 e. The fourth-order valence-electron chi connectivity index (χ4n) is 2.03. The minimum absolute atomic E-state index is 0.646. The molecule has 4 nitrogen and oxygen atoms in total. The predicted octanol–water partition coefficient (Wildman–Crippen LogP) is 1.87. The summed E-state index contributed by atoms with van der Waals surface area (Å²) in [4.78, 5) is 0. The van der Waals surface area contributed by atoms with Crippen LogP contribution >= 0.6 is 0 Å². The quantitative estimate of drug-likeness (QED) is 0.799. The molecule has 0 aromatic carbocycles. The number of anilines is 1. The van der Waals surface area contributed by atoms with Gasteiger partial charge in [-0.2, -0.15) is 5.10 Å². The molecule has 4 heteroatoms. The summed E-state index contributed by atoms with van der Waals surface area (Å²) in [5.74, 6) is 0.646. The molecule has 1 aliphatic rings. The molecule has 0 radical (unpaired) electrons. The standard InChI is InChI=1S/C11H19N3O/c1-8-11(9(2)14-13-8)12-6-10-4-3-5-15-7-10/h10,12H,3-7H2,1-2H3,(H,13,14). The first-order valence-corrected chi connectivity index (χ1v) is 5.60. The number of rotatable bonds is 3. The molecule has 1 fully saturated rings. The van der Waals surface area contributed by atoms with Gasteiger partial charge in [-0.1, -0.05) is 0 Å². The summed E-state index contributed by atoms with van der Waals surface area (Å²) in [6.07, 6.45) is 2.46. The fraction of sp³-hybridized carbons (Fsp3) is 0.727. The van der Waals surface area contributed by atoms with Crippen molar-refractivity contribution in [2.24, 2.45) is 5.92 Å². The van der Waals surface area contributed by atoms with Crippen LogP contribution in [0.1, 0.15) is 24.2 Å². The van der Waals surface area contributed by atoms with Gasteiger partial charge in [-0.05, 0) is 32.6 Å². The number of hydrogen-bond acceptors (Lipinski definition) is 3. The zero-order valence-corrected chi connectivity index (χ0v) is 9.47. The molecule has 1 aliphatic heterocycles. The Morgan fingerprint density at radius 3 is 3.00 bits per heavy atom. The van der Waals surface area contributed by atoms with Crippen molar-refractivity contribution >= 4 is 5.69 Å². The van der Waals surface area contributed by atoms with Crippen LogP contribution in [0.4, 0.5) is 5.69 Å². The Balaban J connectivity index is 1.87. The molecule has 0 bridgehead atoms. The molecule has 1 atom stereocenters. The molecule has 2 heterocycles. The van der Waals surface area contributed by atoms with Crippen molar-refractivity contribution in [1.29, 1.82) is 0 Å². The highest BCUT2D eigenvalue weighted by Gasteiger charge is 2.14. The van der Waals surface area contributed by atoms with E-state index in [2.05, 4.69) is 15.5 Å². The molecule has 0 aliphatic carbocycles. The second kappa shape index (κ2) is 4.66. The lowest BCUT2D eigenvalue weighted by Gasteiger charge is -2.22. The monoisotopic (exact) mass is 209 g/mol. The van der Waals surface area contributed by atoms with Gasteiger partial charge in [0, 0.05) is 13.2 Å². The van der Waals surface area contributed by atoms with Crippen molar-refractivity contribution in [3.63, 3.8) is 0 Å². The SMILES string of the molecule is Cc1n[nH]c(C)c1NCC1CCCOC1. The van der Waals surface area contributed by atoms with Crippen LogP contribution in [0, 0.1) is 19.8 Å². The second-order valence-corrected chi connectivity index (χ2v) is 4.27. The van der Waals surface area contributed by atoms with E-state index in [1.165, 1.54) is 12.8 Å². The summed E-state index contributed by atoms with van der Waals surface area (Å²) >= 11 is 0. The maximum absolute atomic E-state index is 5.45. The first kappa shape index (κ1) is 10.5. The zero-order valence-electron chi connectivity index (χ0n) is 9.47. The molecule has 1 aromatic heterocycles. The molecule has 1 saturated heterocycles. The smallest absolute Gasteiger partial charge is 0.0825 e. The number of ether oxygens (including phenoxy) is 1. The summed E-state index contributed by atoms with van der Waals surface area (Å²) in [6.45, 7) is 6.87. The number of nitrogens with zero attached hydrogens (tertiary/aromatic N) is 1. The van der Waals surface area contributed by atoms with Crippen molar-refractivity contribution in [1.82, 2.24) is 10.2 Å². The molecule has 15 heavy (non-hydrogen) atoms. The van der Waals surface area contributed by atoms with Crippen LogP contribution in [0.3, 0.4) is 0 Å². The fourth-order valence-corrected chi connectivity index (χ4v) is 2.03. The Hall–Kier alpha value is -1.03. The Bertz CT molecular complexity index is 296. The Kier molecular flexibility index (Phi) is 3.26. The predicted molar refractivity (Wildman–Crippen MR) is 60.1 cm³/mol. The normalized spacial score (nSPS) is 21.6. The van der Waals surface area contributed by atoms with Crippen LogP contribution in [0.2, 0.25) is 0 Å². The third-order valence-corrected chi connectivity index (χ3v) is 2.95. The molecule has 2 N–H and O–H groups in total. The maximum Gasteiger partial charge on any atom is 0.0825 e. The summed E-state index contributed by atoms with van der Waals surface area (Å²) in [6, 6.07) is 0. The molecular formula is C11H19N3O. The van der Waals surface area contributed by atoms with Gasteiger partial charge in [-0.3, -0.25) is 5.10 Å². The van der Waals surface area contributed by atoms with Crippen LogP contribution in [0.25, 0.3) is 0 Å². The van der Waals surface area contributed by atoms with Gasteiger partial charge < -0.3 is 10.1 Å². The summed E-state index contributed by atoms with van der Waals surface area (Å²) in [7, 11) is 0. The van der Waals surface area contributed by atoms with Crippen LogP contribution in [0.15, 0.2) is 0 Å². The first-order valence-electron chi connectivity index (χ1n) is 5.60. The molecule has 0 amide bonds. The lowest BCUT2D eigenvalue weighted by atomic mass is 10.0. The summed E-state index contributed by atoms with van der Waals surface area (Å²) < 4.78 is 5.45. The lowest BCUT2D eigenvalue weighted by molar-refractivity contribution is 0.0595. The van der Waals surface area contributed by atoms with Gasteiger partial charge in [-0.15, -0.1) is 0 Å². The van der Waals surface area contributed by atoms with Gasteiger partial charge >= 0.3 is 0 Å². The van der Waals surface area contributed by atoms with Crippen molar-refractivity contribution in [2.45, 2.75) is 26.7 Å². The van der Waals surface area contributed by atoms with E-state index >= 15 is 0 Å². The number of aromatic amines is 1. The number of nitrogens with one attached hydrogen (secondary N) is 2. The van der Waals surface area contributed by atoms with E-state index in [1.807, 2.05) is 13.8 Å². The third kappa shape index (κ3) is 2.50. The third-order valence-electron chi connectivity index (χ3n) is 2.95. The second-order valence-electron chi connectivity index (χ2n) is 4.27. The van der Waals surface area contributed by atoms with E-state index in [9.17, 15) is 0 Å². The van der Waals surface area contributed by atoms with Gasteiger partial charge in [0.15, 0.2) is 0 Å². The highest BCUT2D eigenvalue weighted by Crippen LogP contribution is 2.19. The van der Waals surface area contributed by atoms with Crippen molar-refractivity contribution in [2.75, 3.05) is 25.1 Å². The average molecular weight is 209 g/mol. The molecule has 0 spiro atoms. The number of aromatic nitrogens is 2. The molecule has 2 rings (SSSR count). The van der Waals surface area contributed by atoms with E-state index in [0.717, 1.165) is 36.8 Å². The van der Waals surface area contributed by atoms with Crippen LogP contribution in [0.5, 0.6) is 0 Å². The van der Waals surface area contributed by atoms with E-state index in [-0.39, 0.29) is 0 Å². The van der Waals surface area contributed by atoms with Gasteiger partial charge in [0.05, 0.1) is 23.7 Å². The summed E-state index contributed by atoms with van der Waals surface area (Å²) in [5.41, 5.74) is 3.31. The Labute approximate surface area is 90.4 Å². The number of H-pyrrole nitrogens is 1. The van der Waals surface area contributed by atoms with Gasteiger partial charge in [-0.25, -0.2) is 0 Å². The van der Waals surface area contributed by atoms with Gasteiger partial charge in [0.25, 0.3) is 0 Å². The molecule has 0 saturated carbocycles. The van der Waals surface area contributed by atoms with E-state index in [4.69, 9.17) is 4.74 Å². The minimum atomic E-state index is 0.646. The van der Waals surface area contributed by atoms with Crippen molar-refractivity contribution in [3.05, 3.63) is 11.4 Å². The Morgan fingerprint density at radius 1 is 1.53 bits per heavy atom. The largest absolute Gasteiger partial charge is 0.382 e. The van der Waals surface area contributed by atoms with Crippen LogP contribution in [-0.4, -0.2) is 30.0 Å². The van der Waals surface area contributed by atoms with Gasteiger partial charge in [0.2, 0.25) is 0 Å². The highest BCUT2D eigenvalue weighted by molar-refractivity contribution is 5.51. The number of hydrogen-bond donors (Lipinski definition) is 2. The van der Waals surface area contributed by atoms with E-state index in [1.54, 1.807) is 0 Å². The van der Waals surface area contributed by atoms with E-state index < -0.39 is 0 Å². The highest BCUT2D eigenvalue weighted by atomic mass is 16.5. The topological polar surface area (TPSA) is 49.9 Å². The average Bonchev–Trinajstić information content (AvgIpc) is 2.58. The van der Waals surface area contributed by atoms with E-state index in [0.29, 0.717) is 5.92 Å². The van der Waals surface area contributed by atoms with Crippen molar-refractivity contribution in [3.8, 4) is 0 Å². The maximum atomic E-state index is 5.45. The molecular weight excluding hydrogens is 190 g/mol. The van der Waals surface area contributed by atoms with Crippen LogP contribution < -0.4 is 5.32 Å². The molecule has 1 aromatic rings. The van der Waals surface area contributed by atoms with Gasteiger partial charge in [0.1, 0.15) is 0 Å². The zero-order chi connectivity index (χ0) is 10.7. The van der Waals surface area contributed by atoms with Crippen molar-refractivity contribution < 1.29 is 4.74 Å². The Morgan fingerprint density at radius 2 is 2.40 bits per heavy atom. The molecule has 1 unspecified atom stereocenters. The van der Waals surface area contributed by atoms with Crippen LogP contribution in [-0.2, 0) is 4.74 Å². The molecule has 84 valence electrons. The first-order chi connectivity index (χ1) is 7.27. The lowest BCUT2D eigenvalue weighted by Crippen LogP contribution is -2.24.